The molecule has 1 N–H and O–H groups in total. The number of rotatable bonds is 7. The second kappa shape index (κ2) is 9.90. The van der Waals surface area contributed by atoms with Crippen molar-refractivity contribution in [1.29, 1.82) is 0 Å². The van der Waals surface area contributed by atoms with E-state index in [1.807, 2.05) is 50.2 Å². The zero-order valence-corrected chi connectivity index (χ0v) is 18.0. The van der Waals surface area contributed by atoms with Gasteiger partial charge in [0, 0.05) is 22.1 Å². The van der Waals surface area contributed by atoms with Crippen molar-refractivity contribution >= 4 is 39.3 Å². The van der Waals surface area contributed by atoms with Gasteiger partial charge in [-0.15, -0.1) is 0 Å². The first kappa shape index (κ1) is 21.5. The van der Waals surface area contributed by atoms with Crippen molar-refractivity contribution in [2.45, 2.75) is 45.8 Å². The number of carbonyl (C=O) groups excluding carboxylic acids is 2. The fraction of sp³-hybridized carbons (Fsp3) is 0.333. The Morgan fingerprint density at radius 2 is 1.74 bits per heavy atom. The Bertz CT molecular complexity index is 810. The third-order valence-electron chi connectivity index (χ3n) is 4.08. The second-order valence-electron chi connectivity index (χ2n) is 6.80. The Kier molecular flexibility index (Phi) is 7.87. The van der Waals surface area contributed by atoms with Gasteiger partial charge >= 0.3 is 0 Å². The van der Waals surface area contributed by atoms with E-state index in [4.69, 9.17) is 11.6 Å². The summed E-state index contributed by atoms with van der Waals surface area (Å²) in [6.45, 7) is 5.91. The van der Waals surface area contributed by atoms with Crippen molar-refractivity contribution < 1.29 is 9.59 Å². The number of nitrogens with one attached hydrogen (secondary N) is 1. The lowest BCUT2D eigenvalue weighted by Crippen LogP contribution is -2.49. The van der Waals surface area contributed by atoms with E-state index >= 15 is 0 Å². The first-order valence-electron chi connectivity index (χ1n) is 8.85. The van der Waals surface area contributed by atoms with Crippen LogP contribution >= 0.6 is 27.5 Å². The SMILES string of the molecule is CC(C)NC(=O)C(C)N(Cc1cccc(Br)c1)C(=O)Cc1cccc(Cl)c1. The molecule has 1 atom stereocenters. The number of halogens is 2. The van der Waals surface area contributed by atoms with E-state index in [0.717, 1.165) is 15.6 Å². The van der Waals surface area contributed by atoms with Gasteiger partial charge in [0.05, 0.1) is 6.42 Å². The van der Waals surface area contributed by atoms with Crippen molar-refractivity contribution in [3.63, 3.8) is 0 Å². The van der Waals surface area contributed by atoms with Crippen molar-refractivity contribution in [2.24, 2.45) is 0 Å². The van der Waals surface area contributed by atoms with Gasteiger partial charge in [0.25, 0.3) is 0 Å². The van der Waals surface area contributed by atoms with Crippen LogP contribution in [0.5, 0.6) is 0 Å². The maximum Gasteiger partial charge on any atom is 0.242 e. The fourth-order valence-corrected chi connectivity index (χ4v) is 3.40. The number of hydrogen-bond donors (Lipinski definition) is 1. The number of hydrogen-bond acceptors (Lipinski definition) is 2. The summed E-state index contributed by atoms with van der Waals surface area (Å²) in [5, 5.41) is 3.47. The molecule has 0 bridgehead atoms. The van der Waals surface area contributed by atoms with Gasteiger partial charge in [0.2, 0.25) is 11.8 Å². The number of carbonyl (C=O) groups is 2. The van der Waals surface area contributed by atoms with Gasteiger partial charge < -0.3 is 10.2 Å². The van der Waals surface area contributed by atoms with Gasteiger partial charge in [-0.1, -0.05) is 51.8 Å². The van der Waals surface area contributed by atoms with E-state index in [-0.39, 0.29) is 24.3 Å². The van der Waals surface area contributed by atoms with Crippen LogP contribution in [0.4, 0.5) is 0 Å². The maximum atomic E-state index is 13.0. The predicted molar refractivity (Wildman–Crippen MR) is 113 cm³/mol. The second-order valence-corrected chi connectivity index (χ2v) is 8.15. The molecular weight excluding hydrogens is 428 g/mol. The Hall–Kier alpha value is -1.85. The molecule has 0 spiro atoms. The smallest absolute Gasteiger partial charge is 0.242 e. The fourth-order valence-electron chi connectivity index (χ4n) is 2.74. The average molecular weight is 452 g/mol. The summed E-state index contributed by atoms with van der Waals surface area (Å²) in [5.41, 5.74) is 1.77. The zero-order valence-electron chi connectivity index (χ0n) is 15.7. The molecule has 6 heteroatoms. The lowest BCUT2D eigenvalue weighted by molar-refractivity contribution is -0.140. The van der Waals surface area contributed by atoms with E-state index in [9.17, 15) is 9.59 Å². The van der Waals surface area contributed by atoms with Crippen molar-refractivity contribution in [1.82, 2.24) is 10.2 Å². The third kappa shape index (κ3) is 6.67. The van der Waals surface area contributed by atoms with Crippen LogP contribution < -0.4 is 5.32 Å². The van der Waals surface area contributed by atoms with Crippen LogP contribution in [0.25, 0.3) is 0 Å². The molecule has 27 heavy (non-hydrogen) atoms. The standard InChI is InChI=1S/C21H24BrClN2O2/c1-14(2)24-21(27)15(3)25(13-17-7-4-8-18(22)10-17)20(26)12-16-6-5-9-19(23)11-16/h4-11,14-15H,12-13H2,1-3H3,(H,24,27). The largest absolute Gasteiger partial charge is 0.352 e. The summed E-state index contributed by atoms with van der Waals surface area (Å²) >= 11 is 9.48. The molecule has 2 aromatic rings. The molecule has 0 aliphatic rings. The Balaban J connectivity index is 2.24. The molecule has 0 fully saturated rings. The minimum absolute atomic E-state index is 0.00991. The molecule has 1 unspecified atom stereocenters. The normalized spacial score (nSPS) is 11.9. The summed E-state index contributed by atoms with van der Waals surface area (Å²) in [6.07, 6.45) is 0.188. The summed E-state index contributed by atoms with van der Waals surface area (Å²) in [6, 6.07) is 14.4. The van der Waals surface area contributed by atoms with Crippen LogP contribution in [0.1, 0.15) is 31.9 Å². The Morgan fingerprint density at radius 3 is 2.37 bits per heavy atom. The lowest BCUT2D eigenvalue weighted by atomic mass is 10.1. The third-order valence-corrected chi connectivity index (χ3v) is 4.81. The Labute approximate surface area is 174 Å². The summed E-state index contributed by atoms with van der Waals surface area (Å²) in [4.78, 5) is 27.2. The molecule has 2 rings (SSSR count). The minimum Gasteiger partial charge on any atom is -0.352 e. The van der Waals surface area contributed by atoms with Crippen molar-refractivity contribution in [3.05, 3.63) is 69.2 Å². The number of benzene rings is 2. The minimum atomic E-state index is -0.585. The average Bonchev–Trinajstić information content (AvgIpc) is 2.58. The van der Waals surface area contributed by atoms with Crippen molar-refractivity contribution in [3.8, 4) is 0 Å². The van der Waals surface area contributed by atoms with Crippen molar-refractivity contribution in [2.75, 3.05) is 0 Å². The quantitative estimate of drug-likeness (QED) is 0.669. The van der Waals surface area contributed by atoms with Crippen LogP contribution in [-0.4, -0.2) is 28.8 Å². The molecule has 0 saturated heterocycles. The van der Waals surface area contributed by atoms with Gasteiger partial charge in [-0.05, 0) is 56.2 Å². The van der Waals surface area contributed by atoms with Gasteiger partial charge in [-0.25, -0.2) is 0 Å². The predicted octanol–water partition coefficient (Wildman–Crippen LogP) is 4.59. The highest BCUT2D eigenvalue weighted by Gasteiger charge is 2.26. The topological polar surface area (TPSA) is 49.4 Å². The van der Waals surface area contributed by atoms with Crippen LogP contribution in [0.2, 0.25) is 5.02 Å². The first-order valence-corrected chi connectivity index (χ1v) is 10.0. The van der Waals surface area contributed by atoms with E-state index in [1.165, 1.54) is 0 Å². The summed E-state index contributed by atoms with van der Waals surface area (Å²) in [7, 11) is 0. The van der Waals surface area contributed by atoms with Crippen LogP contribution in [-0.2, 0) is 22.6 Å². The molecule has 2 aromatic carbocycles. The van der Waals surface area contributed by atoms with Crippen LogP contribution in [0.3, 0.4) is 0 Å². The summed E-state index contributed by atoms with van der Waals surface area (Å²) in [5.74, 6) is -0.289. The van der Waals surface area contributed by atoms with E-state index < -0.39 is 6.04 Å². The Morgan fingerprint density at radius 1 is 1.07 bits per heavy atom. The highest BCUT2D eigenvalue weighted by molar-refractivity contribution is 9.10. The zero-order chi connectivity index (χ0) is 20.0. The van der Waals surface area contributed by atoms with Gasteiger partial charge in [0.1, 0.15) is 6.04 Å². The number of amides is 2. The molecule has 0 radical (unpaired) electrons. The molecular formula is C21H24BrClN2O2. The van der Waals surface area contributed by atoms with Gasteiger partial charge in [-0.2, -0.15) is 0 Å². The van der Waals surface area contributed by atoms with Crippen LogP contribution in [0, 0.1) is 0 Å². The molecule has 4 nitrogen and oxygen atoms in total. The molecule has 0 aliphatic carbocycles. The number of nitrogens with zero attached hydrogens (tertiary/aromatic N) is 1. The molecule has 144 valence electrons. The van der Waals surface area contributed by atoms with Gasteiger partial charge in [0.15, 0.2) is 0 Å². The van der Waals surface area contributed by atoms with Gasteiger partial charge in [-0.3, -0.25) is 9.59 Å². The highest BCUT2D eigenvalue weighted by Crippen LogP contribution is 2.17. The van der Waals surface area contributed by atoms with E-state index in [2.05, 4.69) is 21.2 Å². The van der Waals surface area contributed by atoms with E-state index in [0.29, 0.717) is 11.6 Å². The monoisotopic (exact) mass is 450 g/mol. The molecule has 0 aliphatic heterocycles. The lowest BCUT2D eigenvalue weighted by Gasteiger charge is -2.29. The van der Waals surface area contributed by atoms with Crippen LogP contribution in [0.15, 0.2) is 53.0 Å². The maximum absolute atomic E-state index is 13.0. The molecule has 0 heterocycles. The molecule has 2 amide bonds. The summed E-state index contributed by atoms with van der Waals surface area (Å²) < 4.78 is 0.932. The highest BCUT2D eigenvalue weighted by atomic mass is 79.9. The molecule has 0 saturated carbocycles. The molecule has 0 aromatic heterocycles. The van der Waals surface area contributed by atoms with E-state index in [1.54, 1.807) is 24.0 Å². The first-order chi connectivity index (χ1) is 12.8.